The van der Waals surface area contributed by atoms with Crippen LogP contribution in [0.25, 0.3) is 49.4 Å². The zero-order chi connectivity index (χ0) is 33.1. The maximum absolute atomic E-state index is 4.41. The van der Waals surface area contributed by atoms with E-state index < -0.39 is 0 Å². The number of para-hydroxylation sites is 5. The Kier molecular flexibility index (Phi) is 8.11. The summed E-state index contributed by atoms with van der Waals surface area (Å²) in [5.41, 5.74) is 14.1. The Morgan fingerprint density at radius 3 is 1.98 bits per heavy atom. The molecule has 0 bridgehead atoms. The van der Waals surface area contributed by atoms with Crippen molar-refractivity contribution in [3.05, 3.63) is 175 Å². The molecular formula is C45H33IrN4. The summed E-state index contributed by atoms with van der Waals surface area (Å²) in [4.78, 5) is 8.96. The molecule has 0 N–H and O–H groups in total. The molecule has 0 amide bonds. The van der Waals surface area contributed by atoms with E-state index in [0.29, 0.717) is 0 Å². The molecule has 1 aliphatic rings. The van der Waals surface area contributed by atoms with Gasteiger partial charge in [-0.3, -0.25) is 0 Å². The van der Waals surface area contributed by atoms with Crippen molar-refractivity contribution in [2.45, 2.75) is 20.8 Å². The summed E-state index contributed by atoms with van der Waals surface area (Å²) in [6.45, 7) is 8.44. The molecule has 0 saturated heterocycles. The Morgan fingerprint density at radius 2 is 1.26 bits per heavy atom. The van der Waals surface area contributed by atoms with Gasteiger partial charge in [0.1, 0.15) is 0 Å². The number of nitrogens with zero attached hydrogens (tertiary/aromatic N) is 4. The number of anilines is 4. The molecule has 6 aromatic carbocycles. The summed E-state index contributed by atoms with van der Waals surface area (Å²) in [5.74, 6) is 0. The normalized spacial score (nSPS) is 12.4. The van der Waals surface area contributed by atoms with Gasteiger partial charge in [0.05, 0.1) is 0 Å². The summed E-state index contributed by atoms with van der Waals surface area (Å²) in [6, 6.07) is 53.9. The zero-order valence-electron chi connectivity index (χ0n) is 28.0. The second-order valence-electron chi connectivity index (χ2n) is 12.8. The third-order valence-electron chi connectivity index (χ3n) is 9.68. The predicted molar refractivity (Wildman–Crippen MR) is 204 cm³/mol. The first-order chi connectivity index (χ1) is 24.1. The standard InChI is InChI=1S/C31H19N3.C14H14N.Ir/c1-2-10-21(11-3-1)32-20-33(28-17-9-8-16-27(28)32)29-19-18-23-22-12-4-6-14-25(22)34-26-15-7-5-13-24(26)30(29)31(23)34;1-10-4-6-13(7-5-10)14-8-11(2)12(3)9-15-14;/h1-18,20H;4-6,8-9H,1-3H3;/q-2;-1;+3. The molecular weight excluding hydrogens is 789 g/mol. The van der Waals surface area contributed by atoms with E-state index in [-0.39, 0.29) is 20.1 Å². The number of benzene rings is 6. The number of aromatic nitrogens is 2. The smallest absolute Gasteiger partial charge is 0.493 e. The second kappa shape index (κ2) is 12.8. The molecule has 0 spiro atoms. The molecule has 9 aromatic rings. The first-order valence-corrected chi connectivity index (χ1v) is 16.6. The van der Waals surface area contributed by atoms with Crippen LogP contribution >= 0.6 is 0 Å². The quantitative estimate of drug-likeness (QED) is 0.166. The van der Waals surface area contributed by atoms with Gasteiger partial charge in [-0.05, 0) is 77.8 Å². The van der Waals surface area contributed by atoms with Crippen LogP contribution in [0.15, 0.2) is 140 Å². The molecule has 4 heterocycles. The number of rotatable bonds is 3. The second-order valence-corrected chi connectivity index (χ2v) is 12.8. The van der Waals surface area contributed by atoms with Crippen LogP contribution in [0, 0.1) is 39.6 Å². The largest absolute Gasteiger partial charge is 3.00 e. The Hall–Kier alpha value is -5.48. The average molecular weight is 822 g/mol. The van der Waals surface area contributed by atoms with E-state index in [1.165, 1.54) is 60.5 Å². The zero-order valence-corrected chi connectivity index (χ0v) is 30.4. The third kappa shape index (κ3) is 5.13. The van der Waals surface area contributed by atoms with Crippen molar-refractivity contribution in [1.29, 1.82) is 0 Å². The maximum atomic E-state index is 4.41. The Morgan fingerprint density at radius 1 is 0.600 bits per heavy atom. The van der Waals surface area contributed by atoms with E-state index in [9.17, 15) is 0 Å². The van der Waals surface area contributed by atoms with E-state index in [4.69, 9.17) is 0 Å². The van der Waals surface area contributed by atoms with Gasteiger partial charge in [0.2, 0.25) is 0 Å². The molecule has 0 unspecified atom stereocenters. The molecule has 3 aromatic heterocycles. The summed E-state index contributed by atoms with van der Waals surface area (Å²) in [5, 5.41) is 5.01. The molecule has 0 aliphatic carbocycles. The molecule has 1 aliphatic heterocycles. The van der Waals surface area contributed by atoms with Gasteiger partial charge in [-0.2, -0.15) is 12.1 Å². The number of fused-ring (bicyclic) bond motifs is 7. The van der Waals surface area contributed by atoms with E-state index in [0.717, 1.165) is 28.3 Å². The van der Waals surface area contributed by atoms with Crippen molar-refractivity contribution in [2.24, 2.45) is 0 Å². The van der Waals surface area contributed by atoms with Gasteiger partial charge in [0.15, 0.2) is 0 Å². The average Bonchev–Trinajstić information content (AvgIpc) is 3.81. The van der Waals surface area contributed by atoms with Crippen molar-refractivity contribution in [3.63, 3.8) is 0 Å². The minimum absolute atomic E-state index is 0. The molecule has 0 fully saturated rings. The summed E-state index contributed by atoms with van der Waals surface area (Å²) in [6.07, 6.45) is 1.92. The van der Waals surface area contributed by atoms with Crippen molar-refractivity contribution < 1.29 is 20.1 Å². The van der Waals surface area contributed by atoms with E-state index >= 15 is 0 Å². The van der Waals surface area contributed by atoms with Crippen molar-refractivity contribution in [2.75, 3.05) is 9.80 Å². The number of hydrogen-bond acceptors (Lipinski definition) is 3. The number of aryl methyl sites for hydroxylation is 3. The SMILES string of the molecule is Cc1c[c-]c(-c2cc(C)c(C)cn2)cc1.[Ir+3].[c-]1cc2c3ccccc3n3c4ccccc4c(c1N1[CH-]N(c4ccccc4)c4ccccc41)c23. The first-order valence-electron chi connectivity index (χ1n) is 16.6. The summed E-state index contributed by atoms with van der Waals surface area (Å²) < 4.78 is 2.42. The van der Waals surface area contributed by atoms with Gasteiger partial charge in [0, 0.05) is 34.3 Å². The fraction of sp³-hybridized carbons (Fsp3) is 0.0667. The predicted octanol–water partition coefficient (Wildman–Crippen LogP) is 11.5. The van der Waals surface area contributed by atoms with Crippen LogP contribution in [0.5, 0.6) is 0 Å². The molecule has 50 heavy (non-hydrogen) atoms. The fourth-order valence-electron chi connectivity index (χ4n) is 7.08. The van der Waals surface area contributed by atoms with Crippen LogP contribution in [0.1, 0.15) is 16.7 Å². The van der Waals surface area contributed by atoms with Crippen LogP contribution in [0.3, 0.4) is 0 Å². The van der Waals surface area contributed by atoms with Crippen LogP contribution in [-0.4, -0.2) is 9.38 Å². The Bertz CT molecular complexity index is 2620. The molecule has 242 valence electrons. The van der Waals surface area contributed by atoms with Crippen molar-refractivity contribution in [1.82, 2.24) is 9.38 Å². The van der Waals surface area contributed by atoms with E-state index in [1.807, 2.05) is 12.3 Å². The van der Waals surface area contributed by atoms with Gasteiger partial charge in [-0.1, -0.05) is 96.4 Å². The number of pyridine rings is 1. The van der Waals surface area contributed by atoms with Crippen molar-refractivity contribution in [3.8, 4) is 11.3 Å². The minimum Gasteiger partial charge on any atom is -0.493 e. The van der Waals surface area contributed by atoms with Gasteiger partial charge in [-0.25, -0.2) is 0 Å². The molecule has 0 radical (unpaired) electrons. The summed E-state index contributed by atoms with van der Waals surface area (Å²) in [7, 11) is 0. The van der Waals surface area contributed by atoms with Crippen LogP contribution < -0.4 is 9.80 Å². The Labute approximate surface area is 305 Å². The molecule has 0 atom stereocenters. The van der Waals surface area contributed by atoms with Gasteiger partial charge in [0.25, 0.3) is 0 Å². The molecule has 4 nitrogen and oxygen atoms in total. The molecule has 0 saturated carbocycles. The molecule has 5 heteroatoms. The Balaban J connectivity index is 0.000000191. The van der Waals surface area contributed by atoms with Crippen LogP contribution in [0.4, 0.5) is 22.7 Å². The summed E-state index contributed by atoms with van der Waals surface area (Å²) >= 11 is 0. The van der Waals surface area contributed by atoms with Crippen LogP contribution in [-0.2, 0) is 20.1 Å². The van der Waals surface area contributed by atoms with Gasteiger partial charge in [-0.15, -0.1) is 47.4 Å². The topological polar surface area (TPSA) is 23.8 Å². The molecule has 10 rings (SSSR count). The van der Waals surface area contributed by atoms with Crippen LogP contribution in [0.2, 0.25) is 0 Å². The maximum Gasteiger partial charge on any atom is 3.00 e. The fourth-order valence-corrected chi connectivity index (χ4v) is 7.08. The van der Waals surface area contributed by atoms with Crippen molar-refractivity contribution >= 4 is 60.8 Å². The van der Waals surface area contributed by atoms with E-state index in [1.54, 1.807) is 0 Å². The number of hydrogen-bond donors (Lipinski definition) is 0. The minimum atomic E-state index is 0. The third-order valence-corrected chi connectivity index (χ3v) is 9.68. The van der Waals surface area contributed by atoms with Gasteiger partial charge < -0.3 is 19.2 Å². The monoisotopic (exact) mass is 822 g/mol. The first kappa shape index (κ1) is 31.8. The van der Waals surface area contributed by atoms with Gasteiger partial charge >= 0.3 is 20.1 Å². The van der Waals surface area contributed by atoms with E-state index in [2.05, 4.69) is 186 Å².